The molecule has 3 aromatic rings. The average molecular weight is 546 g/mol. The summed E-state index contributed by atoms with van der Waals surface area (Å²) in [7, 11) is -3.09. The zero-order chi connectivity index (χ0) is 27.3. The topological polar surface area (TPSA) is 119 Å². The van der Waals surface area contributed by atoms with Crippen LogP contribution in [0.3, 0.4) is 0 Å². The van der Waals surface area contributed by atoms with Crippen molar-refractivity contribution in [3.63, 3.8) is 0 Å². The van der Waals surface area contributed by atoms with E-state index in [9.17, 15) is 23.3 Å². The van der Waals surface area contributed by atoms with E-state index in [-0.39, 0.29) is 33.1 Å². The molecule has 11 heteroatoms. The molecule has 0 radical (unpaired) electrons. The number of nitrogens with zero attached hydrogens (tertiary/aromatic N) is 2. The van der Waals surface area contributed by atoms with Gasteiger partial charge in [0.25, 0.3) is 15.7 Å². The summed E-state index contributed by atoms with van der Waals surface area (Å²) >= 11 is 6.17. The number of halogens is 1. The van der Waals surface area contributed by atoms with Gasteiger partial charge in [-0.25, -0.2) is 8.42 Å². The molecule has 196 valence electrons. The fourth-order valence-corrected chi connectivity index (χ4v) is 5.43. The van der Waals surface area contributed by atoms with Crippen molar-refractivity contribution < 1.29 is 22.9 Å². The van der Waals surface area contributed by atoms with Gasteiger partial charge in [-0.05, 0) is 50.1 Å². The van der Waals surface area contributed by atoms with Crippen LogP contribution in [0.5, 0.6) is 5.75 Å². The molecule has 37 heavy (non-hydrogen) atoms. The molecule has 3 rings (SSSR count). The lowest BCUT2D eigenvalue weighted by molar-refractivity contribution is -0.385. The van der Waals surface area contributed by atoms with Gasteiger partial charge in [-0.1, -0.05) is 54.4 Å². The van der Waals surface area contributed by atoms with Crippen LogP contribution in [0.4, 0.5) is 11.4 Å². The number of nitro benzene ring substituents is 1. The second-order valence-corrected chi connectivity index (χ2v) is 10.8. The van der Waals surface area contributed by atoms with Crippen LogP contribution in [0.15, 0.2) is 65.6 Å². The molecule has 0 unspecified atom stereocenters. The average Bonchev–Trinajstić information content (AvgIpc) is 2.86. The van der Waals surface area contributed by atoms with Gasteiger partial charge in [0.1, 0.15) is 12.3 Å². The maximum Gasteiger partial charge on any atom is 0.273 e. The molecule has 0 heterocycles. The fraction of sp³-hybridized carbons (Fsp3) is 0.269. The maximum atomic E-state index is 13.8. The van der Waals surface area contributed by atoms with Crippen LogP contribution in [0.25, 0.3) is 0 Å². The van der Waals surface area contributed by atoms with E-state index in [4.69, 9.17) is 16.3 Å². The first-order chi connectivity index (χ1) is 17.5. The number of sulfonamides is 1. The van der Waals surface area contributed by atoms with Crippen molar-refractivity contribution in [2.45, 2.75) is 38.1 Å². The first-order valence-electron chi connectivity index (χ1n) is 11.4. The number of nitro groups is 1. The Morgan fingerprint density at radius 3 is 2.38 bits per heavy atom. The standard InChI is InChI=1S/C26H28ClN3O6S/c1-5-22(19-9-6-17(2)7-10-19)28-26(31)16-29(24-14-20(27)11-13-25(24)36-4)37(34,35)21-12-8-18(3)23(15-21)30(32)33/h6-15,22H,5,16H2,1-4H3,(H,28,31)/t22-/m0/s1. The highest BCUT2D eigenvalue weighted by Gasteiger charge is 2.32. The molecule has 0 bridgehead atoms. The van der Waals surface area contributed by atoms with E-state index in [0.29, 0.717) is 12.0 Å². The molecule has 0 saturated heterocycles. The Hall–Kier alpha value is -3.63. The van der Waals surface area contributed by atoms with E-state index in [2.05, 4.69) is 5.32 Å². The zero-order valence-electron chi connectivity index (χ0n) is 20.9. The Labute approximate surface area is 221 Å². The molecule has 0 aromatic heterocycles. The summed E-state index contributed by atoms with van der Waals surface area (Å²) in [6.45, 7) is 4.77. The first kappa shape index (κ1) is 27.9. The molecule has 1 amide bonds. The van der Waals surface area contributed by atoms with Crippen molar-refractivity contribution in [1.82, 2.24) is 5.32 Å². The third-order valence-electron chi connectivity index (χ3n) is 5.89. The number of rotatable bonds is 10. The third-order valence-corrected chi connectivity index (χ3v) is 7.88. The smallest absolute Gasteiger partial charge is 0.273 e. The molecule has 3 aromatic carbocycles. The monoisotopic (exact) mass is 545 g/mol. The van der Waals surface area contributed by atoms with Crippen LogP contribution in [0, 0.1) is 24.0 Å². The van der Waals surface area contributed by atoms with E-state index in [1.54, 1.807) is 0 Å². The molecule has 0 fully saturated rings. The van der Waals surface area contributed by atoms with Gasteiger partial charge in [0.15, 0.2) is 0 Å². The lowest BCUT2D eigenvalue weighted by atomic mass is 10.0. The van der Waals surface area contributed by atoms with Crippen LogP contribution in [0.1, 0.15) is 36.1 Å². The summed E-state index contributed by atoms with van der Waals surface area (Å²) < 4.78 is 33.8. The van der Waals surface area contributed by atoms with Gasteiger partial charge in [0.2, 0.25) is 5.91 Å². The Morgan fingerprint density at radius 1 is 1.11 bits per heavy atom. The van der Waals surface area contributed by atoms with Gasteiger partial charge in [0.05, 0.1) is 28.7 Å². The predicted octanol–water partition coefficient (Wildman–Crippen LogP) is 5.34. The summed E-state index contributed by atoms with van der Waals surface area (Å²) in [4.78, 5) is 23.7. The van der Waals surface area contributed by atoms with Crippen LogP contribution in [-0.4, -0.2) is 32.9 Å². The van der Waals surface area contributed by atoms with Gasteiger partial charge in [0, 0.05) is 16.7 Å². The zero-order valence-corrected chi connectivity index (χ0v) is 22.5. The van der Waals surface area contributed by atoms with Gasteiger partial charge in [-0.3, -0.25) is 19.2 Å². The highest BCUT2D eigenvalue weighted by molar-refractivity contribution is 7.92. The van der Waals surface area contributed by atoms with Crippen LogP contribution in [-0.2, 0) is 14.8 Å². The second-order valence-electron chi connectivity index (χ2n) is 8.47. The van der Waals surface area contributed by atoms with Crippen molar-refractivity contribution in [2.75, 3.05) is 18.0 Å². The van der Waals surface area contributed by atoms with E-state index in [1.165, 1.54) is 44.4 Å². The number of nitrogens with one attached hydrogen (secondary N) is 1. The van der Waals surface area contributed by atoms with Crippen molar-refractivity contribution in [1.29, 1.82) is 0 Å². The summed E-state index contributed by atoms with van der Waals surface area (Å²) in [5.41, 5.74) is 1.93. The quantitative estimate of drug-likeness (QED) is 0.271. The molecule has 0 spiro atoms. The number of carbonyl (C=O) groups is 1. The number of amides is 1. The SMILES string of the molecule is CC[C@H](NC(=O)CN(c1cc(Cl)ccc1OC)S(=O)(=O)c1ccc(C)c([N+](=O)[O-])c1)c1ccc(C)cc1. The summed E-state index contributed by atoms with van der Waals surface area (Å²) in [5.74, 6) is -0.410. The largest absolute Gasteiger partial charge is 0.495 e. The van der Waals surface area contributed by atoms with Crippen LogP contribution < -0.4 is 14.4 Å². The highest BCUT2D eigenvalue weighted by Crippen LogP contribution is 2.36. The van der Waals surface area contributed by atoms with Crippen molar-refractivity contribution in [2.24, 2.45) is 0 Å². The van der Waals surface area contributed by atoms with E-state index in [0.717, 1.165) is 21.5 Å². The summed E-state index contributed by atoms with van der Waals surface area (Å²) in [6, 6.07) is 15.3. The molecule has 1 N–H and O–H groups in total. The number of hydrogen-bond donors (Lipinski definition) is 1. The van der Waals surface area contributed by atoms with Crippen molar-refractivity contribution >= 4 is 38.9 Å². The maximum absolute atomic E-state index is 13.8. The molecule has 0 aliphatic rings. The Kier molecular flexibility index (Phi) is 8.77. The summed E-state index contributed by atoms with van der Waals surface area (Å²) in [6.07, 6.45) is 0.576. The number of hydrogen-bond acceptors (Lipinski definition) is 6. The molecule has 9 nitrogen and oxygen atoms in total. The molecule has 1 atom stereocenters. The lowest BCUT2D eigenvalue weighted by Crippen LogP contribution is -2.42. The normalized spacial score (nSPS) is 12.0. The number of benzene rings is 3. The fourth-order valence-electron chi connectivity index (χ4n) is 3.82. The lowest BCUT2D eigenvalue weighted by Gasteiger charge is -2.27. The third kappa shape index (κ3) is 6.39. The van der Waals surface area contributed by atoms with Crippen LogP contribution >= 0.6 is 11.6 Å². The minimum atomic E-state index is -4.45. The molecule has 0 aliphatic heterocycles. The minimum absolute atomic E-state index is 0.0248. The second kappa shape index (κ2) is 11.6. The van der Waals surface area contributed by atoms with Crippen LogP contribution in [0.2, 0.25) is 5.02 Å². The summed E-state index contributed by atoms with van der Waals surface area (Å²) in [5, 5.41) is 14.6. The molecular weight excluding hydrogens is 518 g/mol. The van der Waals surface area contributed by atoms with Gasteiger partial charge in [-0.15, -0.1) is 0 Å². The van der Waals surface area contributed by atoms with E-state index >= 15 is 0 Å². The number of ether oxygens (including phenoxy) is 1. The molecule has 0 aliphatic carbocycles. The van der Waals surface area contributed by atoms with Gasteiger partial charge in [-0.2, -0.15) is 0 Å². The minimum Gasteiger partial charge on any atom is -0.495 e. The number of carbonyl (C=O) groups excluding carboxylic acids is 1. The van der Waals surface area contributed by atoms with E-state index in [1.807, 2.05) is 38.1 Å². The number of aryl methyl sites for hydroxylation is 2. The number of methoxy groups -OCH3 is 1. The Morgan fingerprint density at radius 2 is 1.78 bits per heavy atom. The highest BCUT2D eigenvalue weighted by atomic mass is 35.5. The van der Waals surface area contributed by atoms with Gasteiger partial charge < -0.3 is 10.1 Å². The first-order valence-corrected chi connectivity index (χ1v) is 13.3. The Bertz CT molecular complexity index is 1410. The van der Waals surface area contributed by atoms with Crippen molar-refractivity contribution in [3.05, 3.63) is 92.5 Å². The Balaban J connectivity index is 2.05. The predicted molar refractivity (Wildman–Crippen MR) is 143 cm³/mol. The van der Waals surface area contributed by atoms with Crippen molar-refractivity contribution in [3.8, 4) is 5.75 Å². The van der Waals surface area contributed by atoms with E-state index < -0.39 is 27.4 Å². The molecular formula is C26H28ClN3O6S. The van der Waals surface area contributed by atoms with Gasteiger partial charge >= 0.3 is 0 Å². The number of anilines is 1. The molecule has 0 saturated carbocycles.